The minimum atomic E-state index is -4.55. The number of aryl methyl sites for hydroxylation is 1. The Morgan fingerprint density at radius 1 is 1.22 bits per heavy atom. The zero-order valence-corrected chi connectivity index (χ0v) is 12.4. The summed E-state index contributed by atoms with van der Waals surface area (Å²) in [6.07, 6.45) is -1.67. The molecule has 0 saturated carbocycles. The second-order valence-corrected chi connectivity index (χ2v) is 5.15. The minimum Gasteiger partial charge on any atom is -0.354 e. The zero-order valence-electron chi connectivity index (χ0n) is 12.4. The number of anilines is 1. The molecule has 0 aromatic carbocycles. The third-order valence-corrected chi connectivity index (χ3v) is 3.29. The first kappa shape index (κ1) is 15.2. The predicted octanol–water partition coefficient (Wildman–Crippen LogP) is 2.48. The highest BCUT2D eigenvalue weighted by atomic mass is 19.4. The van der Waals surface area contributed by atoms with Gasteiger partial charge in [-0.3, -0.25) is 4.98 Å². The first-order chi connectivity index (χ1) is 10.8. The molecule has 0 radical (unpaired) electrons. The van der Waals surface area contributed by atoms with E-state index in [0.29, 0.717) is 6.54 Å². The SMILES string of the molecule is Cc1ccc(CN(C)c2cc(C(F)(F)F)nc3ncnn23)nc1. The van der Waals surface area contributed by atoms with Crippen LogP contribution in [0.3, 0.4) is 0 Å². The number of hydrogen-bond donors (Lipinski definition) is 0. The summed E-state index contributed by atoms with van der Waals surface area (Å²) in [5, 5.41) is 3.93. The van der Waals surface area contributed by atoms with Gasteiger partial charge in [-0.15, -0.1) is 0 Å². The highest BCUT2D eigenvalue weighted by Crippen LogP contribution is 2.30. The lowest BCUT2D eigenvalue weighted by Crippen LogP contribution is -2.22. The number of alkyl halides is 3. The maximum Gasteiger partial charge on any atom is 0.433 e. The molecule has 0 fully saturated rings. The minimum absolute atomic E-state index is 0.0986. The summed E-state index contributed by atoms with van der Waals surface area (Å²) in [5.41, 5.74) is 0.742. The van der Waals surface area contributed by atoms with E-state index in [2.05, 4.69) is 20.1 Å². The van der Waals surface area contributed by atoms with Crippen molar-refractivity contribution in [3.05, 3.63) is 47.7 Å². The van der Waals surface area contributed by atoms with Crippen LogP contribution in [0.15, 0.2) is 30.7 Å². The third kappa shape index (κ3) is 3.08. The van der Waals surface area contributed by atoms with E-state index >= 15 is 0 Å². The summed E-state index contributed by atoms with van der Waals surface area (Å²) in [6, 6.07) is 4.68. The van der Waals surface area contributed by atoms with E-state index in [9.17, 15) is 13.2 Å². The molecule has 23 heavy (non-hydrogen) atoms. The Labute approximate surface area is 129 Å². The van der Waals surface area contributed by atoms with Crippen LogP contribution < -0.4 is 4.90 Å². The van der Waals surface area contributed by atoms with Crippen molar-refractivity contribution in [2.45, 2.75) is 19.6 Å². The zero-order chi connectivity index (χ0) is 16.6. The van der Waals surface area contributed by atoms with Crippen LogP contribution in [0.2, 0.25) is 0 Å². The van der Waals surface area contributed by atoms with Crippen LogP contribution in [0, 0.1) is 6.92 Å². The molecule has 0 aliphatic rings. The molecule has 9 heteroatoms. The van der Waals surface area contributed by atoms with E-state index in [1.807, 2.05) is 19.1 Å². The van der Waals surface area contributed by atoms with E-state index in [-0.39, 0.29) is 11.6 Å². The number of pyridine rings is 1. The molecule has 3 heterocycles. The van der Waals surface area contributed by atoms with Gasteiger partial charge in [0.25, 0.3) is 5.78 Å². The summed E-state index contributed by atoms with van der Waals surface area (Å²) in [4.78, 5) is 13.1. The maximum absolute atomic E-state index is 13.0. The van der Waals surface area contributed by atoms with Gasteiger partial charge in [-0.25, -0.2) is 4.98 Å². The van der Waals surface area contributed by atoms with Gasteiger partial charge >= 0.3 is 6.18 Å². The van der Waals surface area contributed by atoms with E-state index in [1.165, 1.54) is 10.8 Å². The molecule has 0 unspecified atom stereocenters. The smallest absolute Gasteiger partial charge is 0.354 e. The number of aromatic nitrogens is 5. The van der Waals surface area contributed by atoms with E-state index < -0.39 is 11.9 Å². The molecule has 6 nitrogen and oxygen atoms in total. The van der Waals surface area contributed by atoms with E-state index in [4.69, 9.17) is 0 Å². The standard InChI is InChI=1S/C14H13F3N6/c1-9-3-4-10(18-6-9)7-22(2)12-5-11(14(15,16)17)21-13-19-8-20-23(12)13/h3-6,8H,7H2,1-2H3. The predicted molar refractivity (Wildman–Crippen MR) is 76.9 cm³/mol. The molecule has 0 aliphatic carbocycles. The van der Waals surface area contributed by atoms with Crippen molar-refractivity contribution in [3.63, 3.8) is 0 Å². The van der Waals surface area contributed by atoms with Gasteiger partial charge in [-0.1, -0.05) is 6.07 Å². The third-order valence-electron chi connectivity index (χ3n) is 3.29. The highest BCUT2D eigenvalue weighted by Gasteiger charge is 2.34. The molecule has 3 aromatic heterocycles. The first-order valence-corrected chi connectivity index (χ1v) is 6.75. The van der Waals surface area contributed by atoms with Gasteiger partial charge in [0, 0.05) is 19.3 Å². The van der Waals surface area contributed by atoms with Crippen LogP contribution in [-0.4, -0.2) is 31.6 Å². The van der Waals surface area contributed by atoms with Crippen LogP contribution in [0.1, 0.15) is 17.0 Å². The average molecular weight is 322 g/mol. The highest BCUT2D eigenvalue weighted by molar-refractivity contribution is 5.47. The topological polar surface area (TPSA) is 59.2 Å². The van der Waals surface area contributed by atoms with E-state index in [1.54, 1.807) is 18.1 Å². The molecule has 3 rings (SSSR count). The number of nitrogens with zero attached hydrogens (tertiary/aromatic N) is 6. The molecular weight excluding hydrogens is 309 g/mol. The molecule has 120 valence electrons. The number of hydrogen-bond acceptors (Lipinski definition) is 5. The second-order valence-electron chi connectivity index (χ2n) is 5.15. The molecule has 0 aliphatic heterocycles. The Kier molecular flexibility index (Phi) is 3.63. The normalized spacial score (nSPS) is 11.9. The lowest BCUT2D eigenvalue weighted by molar-refractivity contribution is -0.141. The Hall–Kier alpha value is -2.71. The lowest BCUT2D eigenvalue weighted by atomic mass is 10.2. The number of halogens is 3. The second kappa shape index (κ2) is 5.49. The van der Waals surface area contributed by atoms with Gasteiger partial charge in [0.05, 0.1) is 12.2 Å². The Morgan fingerprint density at radius 2 is 2.00 bits per heavy atom. The lowest BCUT2D eigenvalue weighted by Gasteiger charge is -2.20. The van der Waals surface area contributed by atoms with Crippen molar-refractivity contribution < 1.29 is 13.2 Å². The maximum atomic E-state index is 13.0. The van der Waals surface area contributed by atoms with Crippen molar-refractivity contribution in [3.8, 4) is 0 Å². The van der Waals surface area contributed by atoms with E-state index in [0.717, 1.165) is 17.3 Å². The summed E-state index contributed by atoms with van der Waals surface area (Å²) in [7, 11) is 1.66. The van der Waals surface area contributed by atoms with Gasteiger partial charge in [-0.05, 0) is 18.6 Å². The molecule has 0 spiro atoms. The van der Waals surface area contributed by atoms with Crippen molar-refractivity contribution in [1.82, 2.24) is 24.6 Å². The molecule has 0 bridgehead atoms. The number of fused-ring (bicyclic) bond motifs is 1. The summed E-state index contributed by atoms with van der Waals surface area (Å²) >= 11 is 0. The molecule has 0 amide bonds. The largest absolute Gasteiger partial charge is 0.433 e. The monoisotopic (exact) mass is 322 g/mol. The Balaban J connectivity index is 2.00. The van der Waals surface area contributed by atoms with Crippen molar-refractivity contribution in [2.24, 2.45) is 0 Å². The fourth-order valence-corrected chi connectivity index (χ4v) is 2.13. The molecule has 0 atom stereocenters. The molecule has 3 aromatic rings. The first-order valence-electron chi connectivity index (χ1n) is 6.75. The van der Waals surface area contributed by atoms with Gasteiger partial charge in [0.1, 0.15) is 12.1 Å². The summed E-state index contributed by atoms with van der Waals surface area (Å²) in [6.45, 7) is 2.24. The molecule has 0 saturated heterocycles. The average Bonchev–Trinajstić information content (AvgIpc) is 2.96. The van der Waals surface area contributed by atoms with Crippen LogP contribution in [0.25, 0.3) is 5.78 Å². The van der Waals surface area contributed by atoms with Gasteiger partial charge in [-0.2, -0.15) is 27.8 Å². The fraction of sp³-hybridized carbons (Fsp3) is 0.286. The van der Waals surface area contributed by atoms with Crippen molar-refractivity contribution >= 4 is 11.6 Å². The fourth-order valence-electron chi connectivity index (χ4n) is 2.13. The Morgan fingerprint density at radius 3 is 2.65 bits per heavy atom. The quantitative estimate of drug-likeness (QED) is 0.741. The van der Waals surface area contributed by atoms with Gasteiger partial charge in [0.15, 0.2) is 5.69 Å². The molecule has 0 N–H and O–H groups in total. The van der Waals surface area contributed by atoms with Crippen LogP contribution in [0.5, 0.6) is 0 Å². The van der Waals surface area contributed by atoms with Crippen LogP contribution in [0.4, 0.5) is 19.0 Å². The van der Waals surface area contributed by atoms with Crippen LogP contribution in [-0.2, 0) is 12.7 Å². The van der Waals surface area contributed by atoms with Gasteiger partial charge in [0.2, 0.25) is 0 Å². The van der Waals surface area contributed by atoms with Crippen molar-refractivity contribution in [2.75, 3.05) is 11.9 Å². The summed E-state index contributed by atoms with van der Waals surface area (Å²) < 4.78 is 40.2. The van der Waals surface area contributed by atoms with Crippen molar-refractivity contribution in [1.29, 1.82) is 0 Å². The number of rotatable bonds is 3. The van der Waals surface area contributed by atoms with Crippen LogP contribution >= 0.6 is 0 Å². The molecular formula is C14H13F3N6. The van der Waals surface area contributed by atoms with Gasteiger partial charge < -0.3 is 4.90 Å². The summed E-state index contributed by atoms with van der Waals surface area (Å²) in [5.74, 6) is 0.140. The Bertz CT molecular complexity index is 825.